The summed E-state index contributed by atoms with van der Waals surface area (Å²) in [5.74, 6) is -2.02. The Kier molecular flexibility index (Phi) is 4.29. The van der Waals surface area contributed by atoms with Crippen molar-refractivity contribution in [2.75, 3.05) is 5.32 Å². The normalized spacial score (nSPS) is 12.2. The fraction of sp³-hybridized carbons (Fsp3) is 0.231. The summed E-state index contributed by atoms with van der Waals surface area (Å²) in [6, 6.07) is 4.46. The summed E-state index contributed by atoms with van der Waals surface area (Å²) in [7, 11) is 0. The molecule has 1 heterocycles. The average Bonchev–Trinajstić information content (AvgIpc) is 2.87. The Labute approximate surface area is 120 Å². The van der Waals surface area contributed by atoms with E-state index in [1.807, 2.05) is 6.92 Å². The van der Waals surface area contributed by atoms with E-state index in [1.165, 1.54) is 12.1 Å². The summed E-state index contributed by atoms with van der Waals surface area (Å²) in [6.07, 6.45) is 3.45. The highest BCUT2D eigenvalue weighted by atomic mass is 32.1. The zero-order valence-electron chi connectivity index (χ0n) is 10.8. The molecule has 0 bridgehead atoms. The highest BCUT2D eigenvalue weighted by Gasteiger charge is 2.16. The zero-order chi connectivity index (χ0) is 14.7. The minimum Gasteiger partial charge on any atom is -0.389 e. The van der Waals surface area contributed by atoms with E-state index in [-0.39, 0.29) is 22.3 Å². The highest BCUT2D eigenvalue weighted by molar-refractivity contribution is 7.80. The summed E-state index contributed by atoms with van der Waals surface area (Å²) in [5.41, 5.74) is 5.29. The van der Waals surface area contributed by atoms with E-state index < -0.39 is 11.6 Å². The molecule has 0 aliphatic carbocycles. The fourth-order valence-electron chi connectivity index (χ4n) is 1.85. The molecule has 1 aromatic heterocycles. The number of halogens is 2. The molecule has 0 fully saturated rings. The second-order valence-corrected chi connectivity index (χ2v) is 4.87. The molecule has 0 saturated carbocycles. The molecule has 3 N–H and O–H groups in total. The topological polar surface area (TPSA) is 55.9 Å². The monoisotopic (exact) mass is 296 g/mol. The SMILES string of the molecule is CC(Cn1cccn1)Nc1ccc(C(N)=S)c(F)c1F. The largest absolute Gasteiger partial charge is 0.389 e. The lowest BCUT2D eigenvalue weighted by Crippen LogP contribution is -2.23. The van der Waals surface area contributed by atoms with Crippen molar-refractivity contribution in [3.63, 3.8) is 0 Å². The molecule has 0 spiro atoms. The highest BCUT2D eigenvalue weighted by Crippen LogP contribution is 2.21. The number of nitrogens with one attached hydrogen (secondary N) is 1. The lowest BCUT2D eigenvalue weighted by atomic mass is 10.1. The van der Waals surface area contributed by atoms with Gasteiger partial charge in [0.15, 0.2) is 11.6 Å². The van der Waals surface area contributed by atoms with Crippen molar-refractivity contribution in [1.82, 2.24) is 9.78 Å². The summed E-state index contributed by atoms with van der Waals surface area (Å²) in [4.78, 5) is -0.169. The Balaban J connectivity index is 2.13. The number of aromatic nitrogens is 2. The molecule has 2 rings (SSSR count). The van der Waals surface area contributed by atoms with Crippen molar-refractivity contribution in [1.29, 1.82) is 0 Å². The minimum atomic E-state index is -1.03. The average molecular weight is 296 g/mol. The third-order valence-electron chi connectivity index (χ3n) is 2.77. The first-order valence-corrected chi connectivity index (χ1v) is 6.41. The van der Waals surface area contributed by atoms with Gasteiger partial charge in [-0.25, -0.2) is 8.78 Å². The van der Waals surface area contributed by atoms with Crippen LogP contribution in [0.4, 0.5) is 14.5 Å². The predicted octanol–water partition coefficient (Wildman–Crippen LogP) is 2.30. The van der Waals surface area contributed by atoms with Crippen molar-refractivity contribution in [2.45, 2.75) is 19.5 Å². The van der Waals surface area contributed by atoms with Crippen LogP contribution in [-0.2, 0) is 6.54 Å². The van der Waals surface area contributed by atoms with Gasteiger partial charge in [-0.2, -0.15) is 5.10 Å². The van der Waals surface area contributed by atoms with Gasteiger partial charge in [0.1, 0.15) is 4.99 Å². The van der Waals surface area contributed by atoms with Crippen molar-refractivity contribution in [3.05, 3.63) is 47.8 Å². The van der Waals surface area contributed by atoms with Gasteiger partial charge in [0.2, 0.25) is 0 Å². The van der Waals surface area contributed by atoms with E-state index >= 15 is 0 Å². The zero-order valence-corrected chi connectivity index (χ0v) is 11.6. The van der Waals surface area contributed by atoms with Gasteiger partial charge in [-0.1, -0.05) is 12.2 Å². The summed E-state index contributed by atoms with van der Waals surface area (Å²) >= 11 is 4.66. The first kappa shape index (κ1) is 14.4. The second-order valence-electron chi connectivity index (χ2n) is 4.43. The van der Waals surface area contributed by atoms with E-state index in [0.717, 1.165) is 0 Å². The minimum absolute atomic E-state index is 0.0714. The van der Waals surface area contributed by atoms with Crippen LogP contribution >= 0.6 is 12.2 Å². The number of hydrogen-bond acceptors (Lipinski definition) is 3. The predicted molar refractivity (Wildman–Crippen MR) is 77.6 cm³/mol. The molecule has 0 aliphatic heterocycles. The van der Waals surface area contributed by atoms with E-state index in [2.05, 4.69) is 22.6 Å². The van der Waals surface area contributed by atoms with Crippen LogP contribution < -0.4 is 11.1 Å². The molecule has 0 radical (unpaired) electrons. The molecule has 0 aliphatic rings. The molecule has 1 unspecified atom stereocenters. The third kappa shape index (κ3) is 3.11. The molecule has 1 atom stereocenters. The lowest BCUT2D eigenvalue weighted by molar-refractivity contribution is 0.504. The number of nitrogens with two attached hydrogens (primary N) is 1. The standard InChI is InChI=1S/C13H14F2N4S/c1-8(7-19-6-2-5-17-19)18-10-4-3-9(13(16)20)11(14)12(10)15/h2-6,8,18H,7H2,1H3,(H2,16,20). The molecular weight excluding hydrogens is 282 g/mol. The number of thiocarbonyl (C=S) groups is 1. The van der Waals surface area contributed by atoms with Crippen LogP contribution in [0.15, 0.2) is 30.6 Å². The Morgan fingerprint density at radius 3 is 2.80 bits per heavy atom. The van der Waals surface area contributed by atoms with Gasteiger partial charge in [0.25, 0.3) is 0 Å². The molecule has 4 nitrogen and oxygen atoms in total. The Hall–Kier alpha value is -2.02. The molecule has 106 valence electrons. The van der Waals surface area contributed by atoms with Crippen LogP contribution in [0.5, 0.6) is 0 Å². The molecular formula is C13H14F2N4S. The van der Waals surface area contributed by atoms with Crippen LogP contribution in [0, 0.1) is 11.6 Å². The molecule has 1 aromatic carbocycles. The van der Waals surface area contributed by atoms with Crippen molar-refractivity contribution < 1.29 is 8.78 Å². The van der Waals surface area contributed by atoms with Crippen LogP contribution in [0.1, 0.15) is 12.5 Å². The Morgan fingerprint density at radius 1 is 1.45 bits per heavy atom. The van der Waals surface area contributed by atoms with Gasteiger partial charge >= 0.3 is 0 Å². The molecule has 2 aromatic rings. The maximum Gasteiger partial charge on any atom is 0.182 e. The van der Waals surface area contributed by atoms with Gasteiger partial charge in [0.05, 0.1) is 12.2 Å². The first-order chi connectivity index (χ1) is 9.49. The first-order valence-electron chi connectivity index (χ1n) is 6.01. The number of rotatable bonds is 5. The van der Waals surface area contributed by atoms with Crippen LogP contribution in [0.25, 0.3) is 0 Å². The lowest BCUT2D eigenvalue weighted by Gasteiger charge is -2.16. The maximum absolute atomic E-state index is 13.9. The number of hydrogen-bond donors (Lipinski definition) is 2. The smallest absolute Gasteiger partial charge is 0.182 e. The van der Waals surface area contributed by atoms with Crippen LogP contribution in [0.2, 0.25) is 0 Å². The maximum atomic E-state index is 13.9. The Morgan fingerprint density at radius 2 is 2.20 bits per heavy atom. The van der Waals surface area contributed by atoms with Gasteiger partial charge in [-0.15, -0.1) is 0 Å². The van der Waals surface area contributed by atoms with Crippen molar-refractivity contribution in [2.24, 2.45) is 5.73 Å². The van der Waals surface area contributed by atoms with E-state index in [9.17, 15) is 8.78 Å². The van der Waals surface area contributed by atoms with Crippen molar-refractivity contribution >= 4 is 22.9 Å². The number of nitrogens with zero attached hydrogens (tertiary/aromatic N) is 2. The van der Waals surface area contributed by atoms with E-state index in [4.69, 9.17) is 5.73 Å². The van der Waals surface area contributed by atoms with Gasteiger partial charge in [-0.05, 0) is 25.1 Å². The summed E-state index contributed by atoms with van der Waals surface area (Å²) in [6.45, 7) is 2.38. The van der Waals surface area contributed by atoms with Gasteiger partial charge in [0, 0.05) is 24.0 Å². The second kappa shape index (κ2) is 5.96. The van der Waals surface area contributed by atoms with Gasteiger partial charge in [-0.3, -0.25) is 4.68 Å². The van der Waals surface area contributed by atoms with Crippen molar-refractivity contribution in [3.8, 4) is 0 Å². The number of benzene rings is 1. The number of anilines is 1. The van der Waals surface area contributed by atoms with E-state index in [0.29, 0.717) is 6.54 Å². The third-order valence-corrected chi connectivity index (χ3v) is 2.99. The van der Waals surface area contributed by atoms with Crippen LogP contribution in [-0.4, -0.2) is 20.8 Å². The summed E-state index contributed by atoms with van der Waals surface area (Å²) in [5, 5.41) is 6.95. The fourth-order valence-corrected chi connectivity index (χ4v) is 2.01. The van der Waals surface area contributed by atoms with Crippen LogP contribution in [0.3, 0.4) is 0 Å². The molecule has 0 saturated heterocycles. The molecule has 0 amide bonds. The summed E-state index contributed by atoms with van der Waals surface area (Å²) < 4.78 is 29.3. The Bertz CT molecular complexity index is 613. The molecule has 20 heavy (non-hydrogen) atoms. The van der Waals surface area contributed by atoms with Gasteiger partial charge < -0.3 is 11.1 Å². The quantitative estimate of drug-likeness (QED) is 0.831. The van der Waals surface area contributed by atoms with E-state index in [1.54, 1.807) is 23.1 Å². The molecule has 7 heteroatoms.